The molecule has 0 fully saturated rings. The summed E-state index contributed by atoms with van der Waals surface area (Å²) in [5.41, 5.74) is 2.16. The molecule has 2 rings (SSSR count). The lowest BCUT2D eigenvalue weighted by atomic mass is 10.2. The van der Waals surface area contributed by atoms with E-state index in [0.29, 0.717) is 5.15 Å². The summed E-state index contributed by atoms with van der Waals surface area (Å²) in [7, 11) is 5.31. The highest BCUT2D eigenvalue weighted by Gasteiger charge is 2.08. The Morgan fingerprint density at radius 2 is 1.86 bits per heavy atom. The molecule has 0 saturated carbocycles. The zero-order valence-electron chi connectivity index (χ0n) is 12.5. The van der Waals surface area contributed by atoms with Crippen molar-refractivity contribution in [2.75, 3.05) is 21.3 Å². The Hall–Kier alpha value is -1.78. The first-order valence-electron chi connectivity index (χ1n) is 6.63. The molecule has 0 amide bonds. The van der Waals surface area contributed by atoms with Gasteiger partial charge in [0.15, 0.2) is 11.5 Å². The van der Waals surface area contributed by atoms with E-state index in [1.54, 1.807) is 20.4 Å². The van der Waals surface area contributed by atoms with Gasteiger partial charge in [0, 0.05) is 24.8 Å². The largest absolute Gasteiger partial charge is 0.493 e. The Morgan fingerprint density at radius 3 is 2.52 bits per heavy atom. The Morgan fingerprint density at radius 1 is 1.10 bits per heavy atom. The number of methoxy groups -OCH3 is 2. The molecule has 0 radical (unpaired) electrons. The van der Waals surface area contributed by atoms with E-state index in [2.05, 4.69) is 9.88 Å². The van der Waals surface area contributed by atoms with Crippen LogP contribution in [0.2, 0.25) is 5.15 Å². The lowest BCUT2D eigenvalue weighted by Gasteiger charge is -2.18. The molecular weight excluding hydrogens is 288 g/mol. The van der Waals surface area contributed by atoms with Crippen LogP contribution in [0.3, 0.4) is 0 Å². The summed E-state index contributed by atoms with van der Waals surface area (Å²) >= 11 is 6.08. The van der Waals surface area contributed by atoms with E-state index in [4.69, 9.17) is 21.1 Å². The summed E-state index contributed by atoms with van der Waals surface area (Å²) in [6.45, 7) is 1.52. The van der Waals surface area contributed by atoms with Crippen LogP contribution in [-0.4, -0.2) is 31.2 Å². The number of aromatic nitrogens is 1. The van der Waals surface area contributed by atoms with E-state index in [1.807, 2.05) is 37.4 Å². The molecular formula is C16H19ClN2O2. The van der Waals surface area contributed by atoms with Gasteiger partial charge in [-0.15, -0.1) is 0 Å². The standard InChI is InChI=1S/C16H19ClN2O2/c1-19(11-13-5-4-8-18-16(13)17)10-12-6-7-14(20-2)15(9-12)21-3/h4-9H,10-11H2,1-3H3. The van der Waals surface area contributed by atoms with Crippen molar-refractivity contribution >= 4 is 11.6 Å². The van der Waals surface area contributed by atoms with Crippen LogP contribution in [0.25, 0.3) is 0 Å². The molecule has 0 atom stereocenters. The number of hydrogen-bond acceptors (Lipinski definition) is 4. The average Bonchev–Trinajstić information content (AvgIpc) is 2.49. The van der Waals surface area contributed by atoms with Crippen LogP contribution in [0, 0.1) is 0 Å². The average molecular weight is 307 g/mol. The summed E-state index contributed by atoms with van der Waals surface area (Å²) in [6.07, 6.45) is 1.69. The van der Waals surface area contributed by atoms with Crippen molar-refractivity contribution in [2.24, 2.45) is 0 Å². The third-order valence-electron chi connectivity index (χ3n) is 3.18. The van der Waals surface area contributed by atoms with Crippen LogP contribution in [0.4, 0.5) is 0 Å². The second-order valence-electron chi connectivity index (χ2n) is 4.81. The zero-order valence-corrected chi connectivity index (χ0v) is 13.2. The fourth-order valence-electron chi connectivity index (χ4n) is 2.17. The van der Waals surface area contributed by atoms with Gasteiger partial charge in [-0.1, -0.05) is 23.7 Å². The SMILES string of the molecule is COc1ccc(CN(C)Cc2cccnc2Cl)cc1OC. The minimum absolute atomic E-state index is 0.552. The van der Waals surface area contributed by atoms with Crippen molar-refractivity contribution in [3.05, 3.63) is 52.8 Å². The maximum Gasteiger partial charge on any atom is 0.161 e. The Kier molecular flexibility index (Phi) is 5.42. The van der Waals surface area contributed by atoms with Crippen molar-refractivity contribution in [1.82, 2.24) is 9.88 Å². The molecule has 0 aliphatic heterocycles. The second kappa shape index (κ2) is 7.29. The van der Waals surface area contributed by atoms with Gasteiger partial charge < -0.3 is 9.47 Å². The van der Waals surface area contributed by atoms with Crippen LogP contribution < -0.4 is 9.47 Å². The molecule has 1 aromatic heterocycles. The molecule has 0 aliphatic carbocycles. The molecule has 0 aliphatic rings. The molecule has 1 heterocycles. The molecule has 112 valence electrons. The van der Waals surface area contributed by atoms with E-state index in [9.17, 15) is 0 Å². The molecule has 5 heteroatoms. The maximum absolute atomic E-state index is 6.08. The zero-order chi connectivity index (χ0) is 15.2. The maximum atomic E-state index is 6.08. The van der Waals surface area contributed by atoms with Gasteiger partial charge in [-0.2, -0.15) is 0 Å². The highest BCUT2D eigenvalue weighted by Crippen LogP contribution is 2.28. The highest BCUT2D eigenvalue weighted by atomic mass is 35.5. The van der Waals surface area contributed by atoms with E-state index in [-0.39, 0.29) is 0 Å². The van der Waals surface area contributed by atoms with Gasteiger partial charge in [-0.05, 0) is 30.8 Å². The van der Waals surface area contributed by atoms with Gasteiger partial charge in [0.1, 0.15) is 5.15 Å². The van der Waals surface area contributed by atoms with Gasteiger partial charge in [0.2, 0.25) is 0 Å². The van der Waals surface area contributed by atoms with Gasteiger partial charge in [0.05, 0.1) is 14.2 Å². The molecule has 0 bridgehead atoms. The Balaban J connectivity index is 2.06. The summed E-state index contributed by atoms with van der Waals surface area (Å²) in [4.78, 5) is 6.26. The number of ether oxygens (including phenoxy) is 2. The van der Waals surface area contributed by atoms with Crippen molar-refractivity contribution in [3.63, 3.8) is 0 Å². The number of hydrogen-bond donors (Lipinski definition) is 0. The van der Waals surface area contributed by atoms with Gasteiger partial charge >= 0.3 is 0 Å². The predicted octanol–water partition coefficient (Wildman–Crippen LogP) is 3.38. The molecule has 2 aromatic rings. The van der Waals surface area contributed by atoms with Gasteiger partial charge in [-0.25, -0.2) is 4.98 Å². The van der Waals surface area contributed by atoms with Crippen LogP contribution in [-0.2, 0) is 13.1 Å². The topological polar surface area (TPSA) is 34.6 Å². The summed E-state index contributed by atoms with van der Waals surface area (Å²) in [5, 5.41) is 0.552. The highest BCUT2D eigenvalue weighted by molar-refractivity contribution is 6.30. The first kappa shape index (κ1) is 15.6. The Labute approximate surface area is 130 Å². The number of pyridine rings is 1. The fourth-order valence-corrected chi connectivity index (χ4v) is 2.35. The molecule has 1 aromatic carbocycles. The number of halogens is 1. The monoisotopic (exact) mass is 306 g/mol. The van der Waals surface area contributed by atoms with E-state index in [1.165, 1.54) is 0 Å². The number of nitrogens with zero attached hydrogens (tertiary/aromatic N) is 2. The normalized spacial score (nSPS) is 10.7. The van der Waals surface area contributed by atoms with E-state index < -0.39 is 0 Å². The smallest absolute Gasteiger partial charge is 0.161 e. The number of benzene rings is 1. The van der Waals surface area contributed by atoms with Crippen molar-refractivity contribution in [1.29, 1.82) is 0 Å². The molecule has 4 nitrogen and oxygen atoms in total. The molecule has 0 spiro atoms. The van der Waals surface area contributed by atoms with Crippen LogP contribution in [0.5, 0.6) is 11.5 Å². The molecule has 0 saturated heterocycles. The fraction of sp³-hybridized carbons (Fsp3) is 0.312. The van der Waals surface area contributed by atoms with Gasteiger partial charge in [0.25, 0.3) is 0 Å². The minimum atomic E-state index is 0.552. The lowest BCUT2D eigenvalue weighted by molar-refractivity contribution is 0.316. The molecule has 0 N–H and O–H groups in total. The quantitative estimate of drug-likeness (QED) is 0.766. The van der Waals surface area contributed by atoms with Crippen LogP contribution in [0.1, 0.15) is 11.1 Å². The predicted molar refractivity (Wildman–Crippen MR) is 84.0 cm³/mol. The second-order valence-corrected chi connectivity index (χ2v) is 5.17. The van der Waals surface area contributed by atoms with Gasteiger partial charge in [-0.3, -0.25) is 4.90 Å². The first-order chi connectivity index (χ1) is 10.1. The Bertz CT molecular complexity index is 605. The molecule has 0 unspecified atom stereocenters. The van der Waals surface area contributed by atoms with Crippen molar-refractivity contribution < 1.29 is 9.47 Å². The summed E-state index contributed by atoms with van der Waals surface area (Å²) in [6, 6.07) is 9.81. The van der Waals surface area contributed by atoms with Crippen LogP contribution in [0.15, 0.2) is 36.5 Å². The van der Waals surface area contributed by atoms with Crippen LogP contribution >= 0.6 is 11.6 Å². The number of rotatable bonds is 6. The molecule has 21 heavy (non-hydrogen) atoms. The first-order valence-corrected chi connectivity index (χ1v) is 7.00. The van der Waals surface area contributed by atoms with E-state index in [0.717, 1.165) is 35.7 Å². The third-order valence-corrected chi connectivity index (χ3v) is 3.52. The summed E-state index contributed by atoms with van der Waals surface area (Å²) in [5.74, 6) is 1.47. The third kappa shape index (κ3) is 4.09. The van der Waals surface area contributed by atoms with E-state index >= 15 is 0 Å². The van der Waals surface area contributed by atoms with Crippen molar-refractivity contribution in [3.8, 4) is 11.5 Å². The van der Waals surface area contributed by atoms with Crippen molar-refractivity contribution in [2.45, 2.75) is 13.1 Å². The minimum Gasteiger partial charge on any atom is -0.493 e. The summed E-state index contributed by atoms with van der Waals surface area (Å²) < 4.78 is 10.6. The lowest BCUT2D eigenvalue weighted by Crippen LogP contribution is -2.17.